The lowest BCUT2D eigenvalue weighted by molar-refractivity contribution is -0.0110. The summed E-state index contributed by atoms with van der Waals surface area (Å²) in [4.78, 5) is 13.9. The molecule has 2 heterocycles. The van der Waals surface area contributed by atoms with Gasteiger partial charge in [-0.2, -0.15) is 0 Å². The maximum absolute atomic E-state index is 12.2. The second-order valence-corrected chi connectivity index (χ2v) is 6.32. The van der Waals surface area contributed by atoms with Crippen LogP contribution in [0.1, 0.15) is 34.1 Å². The number of rotatable bonds is 0. The van der Waals surface area contributed by atoms with Crippen LogP contribution in [0.4, 0.5) is 4.79 Å². The molecule has 3 unspecified atom stereocenters. The average molecular weight is 242 g/mol. The predicted molar refractivity (Wildman–Crippen MR) is 63.8 cm³/mol. The van der Waals surface area contributed by atoms with E-state index in [1.807, 2.05) is 27.7 Å². The zero-order valence-electron chi connectivity index (χ0n) is 11.0. The predicted octanol–water partition coefficient (Wildman–Crippen LogP) is 0.719. The lowest BCUT2D eigenvalue weighted by atomic mass is 9.98. The first kappa shape index (κ1) is 12.6. The van der Waals surface area contributed by atoms with Gasteiger partial charge in [-0.15, -0.1) is 0 Å². The Labute approximate surface area is 102 Å². The van der Waals surface area contributed by atoms with Crippen LogP contribution >= 0.6 is 0 Å². The van der Waals surface area contributed by atoms with Gasteiger partial charge in [0.25, 0.3) is 0 Å². The maximum Gasteiger partial charge on any atom is 0.411 e. The smallest absolute Gasteiger partial charge is 0.411 e. The molecule has 2 saturated heterocycles. The van der Waals surface area contributed by atoms with E-state index in [2.05, 4.69) is 5.32 Å². The summed E-state index contributed by atoms with van der Waals surface area (Å²) >= 11 is 0. The molecule has 2 N–H and O–H groups in total. The van der Waals surface area contributed by atoms with Crippen molar-refractivity contribution in [3.05, 3.63) is 0 Å². The van der Waals surface area contributed by atoms with Gasteiger partial charge < -0.3 is 15.2 Å². The molecule has 17 heavy (non-hydrogen) atoms. The maximum atomic E-state index is 12.2. The van der Waals surface area contributed by atoms with E-state index < -0.39 is 11.7 Å². The topological polar surface area (TPSA) is 61.8 Å². The molecule has 0 spiro atoms. The van der Waals surface area contributed by atoms with E-state index in [0.717, 1.165) is 0 Å². The minimum absolute atomic E-state index is 0.163. The Kier molecular flexibility index (Phi) is 2.86. The molecule has 2 bridgehead atoms. The first-order valence-corrected chi connectivity index (χ1v) is 6.14. The third-order valence-corrected chi connectivity index (χ3v) is 3.46. The molecule has 2 rings (SSSR count). The number of aliphatic hydroxyl groups excluding tert-OH is 1. The molecule has 2 aliphatic heterocycles. The highest BCUT2D eigenvalue weighted by Crippen LogP contribution is 2.37. The number of ether oxygens (including phenoxy) is 1. The van der Waals surface area contributed by atoms with Crippen molar-refractivity contribution in [1.82, 2.24) is 10.2 Å². The molecule has 3 atom stereocenters. The van der Waals surface area contributed by atoms with Crippen molar-refractivity contribution in [2.75, 3.05) is 13.1 Å². The van der Waals surface area contributed by atoms with Crippen molar-refractivity contribution in [1.29, 1.82) is 0 Å². The quantitative estimate of drug-likeness (QED) is 0.657. The van der Waals surface area contributed by atoms with E-state index in [1.165, 1.54) is 0 Å². The highest BCUT2D eigenvalue weighted by Gasteiger charge is 2.54. The van der Waals surface area contributed by atoms with Gasteiger partial charge in [0.15, 0.2) is 0 Å². The number of nitrogens with zero attached hydrogens (tertiary/aromatic N) is 1. The van der Waals surface area contributed by atoms with Crippen molar-refractivity contribution < 1.29 is 14.6 Å². The number of amides is 1. The summed E-state index contributed by atoms with van der Waals surface area (Å²) in [5.41, 5.74) is -0.826. The Hall–Kier alpha value is -0.810. The number of carbonyl (C=O) groups excluding carboxylic acids is 1. The van der Waals surface area contributed by atoms with Crippen LogP contribution in [0, 0.1) is 0 Å². The Morgan fingerprint density at radius 2 is 2.18 bits per heavy atom. The van der Waals surface area contributed by atoms with E-state index in [4.69, 9.17) is 4.74 Å². The molecule has 0 radical (unpaired) electrons. The van der Waals surface area contributed by atoms with Crippen molar-refractivity contribution in [2.45, 2.75) is 57.4 Å². The van der Waals surface area contributed by atoms with Crippen LogP contribution in [0.15, 0.2) is 0 Å². The number of piperazine rings is 1. The number of hydrogen-bond acceptors (Lipinski definition) is 4. The van der Waals surface area contributed by atoms with Gasteiger partial charge in [-0.25, -0.2) is 4.79 Å². The first-order valence-electron chi connectivity index (χ1n) is 6.14. The van der Waals surface area contributed by atoms with E-state index in [9.17, 15) is 9.90 Å². The van der Waals surface area contributed by atoms with Gasteiger partial charge in [0.05, 0.1) is 17.7 Å². The molecule has 0 aromatic heterocycles. The van der Waals surface area contributed by atoms with E-state index in [1.54, 1.807) is 4.90 Å². The number of fused-ring (bicyclic) bond motifs is 2. The third-order valence-electron chi connectivity index (χ3n) is 3.46. The molecule has 1 amide bonds. The van der Waals surface area contributed by atoms with Crippen LogP contribution in [-0.2, 0) is 4.74 Å². The fourth-order valence-electron chi connectivity index (χ4n) is 2.80. The molecule has 0 aliphatic carbocycles. The highest BCUT2D eigenvalue weighted by atomic mass is 16.6. The fraction of sp³-hybridized carbons (Fsp3) is 0.917. The van der Waals surface area contributed by atoms with Gasteiger partial charge in [-0.3, -0.25) is 4.90 Å². The van der Waals surface area contributed by atoms with Crippen molar-refractivity contribution in [3.8, 4) is 0 Å². The first-order chi connectivity index (χ1) is 7.73. The van der Waals surface area contributed by atoms with Crippen LogP contribution in [0.5, 0.6) is 0 Å². The standard InChI is InChI=1S/C12H22N2O3/c1-11(2,3)17-10(16)14-8-6-13-7-12(14,4)5-9(8)15/h8-9,13,15H,5-7H2,1-4H3. The average Bonchev–Trinajstić information content (AvgIpc) is 2.26. The molecule has 0 aromatic carbocycles. The molecular weight excluding hydrogens is 220 g/mol. The monoisotopic (exact) mass is 242 g/mol. The van der Waals surface area contributed by atoms with Gasteiger partial charge in [0, 0.05) is 13.1 Å². The van der Waals surface area contributed by atoms with Crippen LogP contribution < -0.4 is 5.32 Å². The summed E-state index contributed by atoms with van der Waals surface area (Å²) in [6.07, 6.45) is -0.158. The summed E-state index contributed by atoms with van der Waals surface area (Å²) < 4.78 is 5.42. The van der Waals surface area contributed by atoms with Crippen molar-refractivity contribution >= 4 is 6.09 Å². The number of nitrogens with one attached hydrogen (secondary N) is 1. The van der Waals surface area contributed by atoms with E-state index >= 15 is 0 Å². The van der Waals surface area contributed by atoms with Gasteiger partial charge in [-0.1, -0.05) is 0 Å². The van der Waals surface area contributed by atoms with Crippen molar-refractivity contribution in [3.63, 3.8) is 0 Å². The second-order valence-electron chi connectivity index (χ2n) is 6.32. The molecule has 2 aliphatic rings. The Balaban J connectivity index is 2.18. The Bertz CT molecular complexity index is 326. The van der Waals surface area contributed by atoms with Crippen LogP contribution in [0.25, 0.3) is 0 Å². The van der Waals surface area contributed by atoms with Gasteiger partial charge in [0.2, 0.25) is 0 Å². The molecule has 98 valence electrons. The highest BCUT2D eigenvalue weighted by molar-refractivity contribution is 5.70. The van der Waals surface area contributed by atoms with E-state index in [0.29, 0.717) is 19.5 Å². The van der Waals surface area contributed by atoms with Crippen LogP contribution in [0.3, 0.4) is 0 Å². The minimum Gasteiger partial charge on any atom is -0.444 e. The molecule has 0 saturated carbocycles. The Morgan fingerprint density at radius 1 is 1.53 bits per heavy atom. The summed E-state index contributed by atoms with van der Waals surface area (Å²) in [6.45, 7) is 8.90. The molecule has 5 nitrogen and oxygen atoms in total. The number of hydrogen-bond donors (Lipinski definition) is 2. The molecule has 0 aromatic rings. The SMILES string of the molecule is CC(C)(C)OC(=O)N1C2CNCC1(C)CC2O. The number of aliphatic hydroxyl groups is 1. The normalized spacial score (nSPS) is 37.1. The van der Waals surface area contributed by atoms with E-state index in [-0.39, 0.29) is 17.7 Å². The lowest BCUT2D eigenvalue weighted by Crippen LogP contribution is -2.62. The second kappa shape index (κ2) is 3.85. The fourth-order valence-corrected chi connectivity index (χ4v) is 2.80. The summed E-state index contributed by atoms with van der Waals surface area (Å²) in [5.74, 6) is 0. The van der Waals surface area contributed by atoms with Crippen molar-refractivity contribution in [2.24, 2.45) is 0 Å². The Morgan fingerprint density at radius 3 is 2.71 bits per heavy atom. The van der Waals surface area contributed by atoms with Gasteiger partial charge in [-0.05, 0) is 34.1 Å². The molecule has 2 fully saturated rings. The summed E-state index contributed by atoms with van der Waals surface area (Å²) in [5, 5.41) is 13.2. The van der Waals surface area contributed by atoms with Gasteiger partial charge >= 0.3 is 6.09 Å². The largest absolute Gasteiger partial charge is 0.444 e. The molecule has 5 heteroatoms. The minimum atomic E-state index is -0.497. The van der Waals surface area contributed by atoms with Crippen LogP contribution in [0.2, 0.25) is 0 Å². The summed E-state index contributed by atoms with van der Waals surface area (Å²) in [6, 6.07) is -0.163. The summed E-state index contributed by atoms with van der Waals surface area (Å²) in [7, 11) is 0. The zero-order chi connectivity index (χ0) is 12.8. The lowest BCUT2D eigenvalue weighted by Gasteiger charge is -2.42. The zero-order valence-corrected chi connectivity index (χ0v) is 11.0. The van der Waals surface area contributed by atoms with Crippen LogP contribution in [-0.4, -0.2) is 52.5 Å². The molecular formula is C12H22N2O3. The van der Waals surface area contributed by atoms with Gasteiger partial charge in [0.1, 0.15) is 5.60 Å². The number of carbonyl (C=O) groups is 1. The third kappa shape index (κ3) is 2.26.